The number of rotatable bonds is 3. The van der Waals surface area contributed by atoms with Gasteiger partial charge in [-0.2, -0.15) is 4.99 Å². The van der Waals surface area contributed by atoms with Crippen LogP contribution in [0.2, 0.25) is 0 Å². The monoisotopic (exact) mass is 258 g/mol. The van der Waals surface area contributed by atoms with Crippen molar-refractivity contribution in [3.8, 4) is 0 Å². The molecule has 1 aromatic heterocycles. The van der Waals surface area contributed by atoms with Crippen molar-refractivity contribution in [2.24, 2.45) is 4.99 Å². The quantitative estimate of drug-likeness (QED) is 0.627. The third-order valence-corrected chi connectivity index (χ3v) is 3.65. The van der Waals surface area contributed by atoms with E-state index in [1.165, 1.54) is 0 Å². The molecular formula is C14H14N2O3. The summed E-state index contributed by atoms with van der Waals surface area (Å²) in [6, 6.07) is 5.55. The van der Waals surface area contributed by atoms with E-state index in [1.54, 1.807) is 16.7 Å². The van der Waals surface area contributed by atoms with Gasteiger partial charge in [-0.1, -0.05) is 6.07 Å². The van der Waals surface area contributed by atoms with Gasteiger partial charge in [0.1, 0.15) is 0 Å². The van der Waals surface area contributed by atoms with E-state index >= 15 is 0 Å². The second kappa shape index (κ2) is 3.93. The SMILES string of the molecule is CC(C)n1c(=O)oc2ccc(C3(N=C=O)CC3)cc21. The highest BCUT2D eigenvalue weighted by Gasteiger charge is 2.45. The van der Waals surface area contributed by atoms with Crippen LogP contribution in [0.25, 0.3) is 11.1 Å². The lowest BCUT2D eigenvalue weighted by Crippen LogP contribution is -2.16. The van der Waals surface area contributed by atoms with E-state index in [9.17, 15) is 9.59 Å². The maximum atomic E-state index is 11.8. The summed E-state index contributed by atoms with van der Waals surface area (Å²) in [5.41, 5.74) is 1.84. The van der Waals surface area contributed by atoms with Crippen molar-refractivity contribution in [3.05, 3.63) is 34.3 Å². The Balaban J connectivity index is 2.23. The first-order chi connectivity index (χ1) is 9.07. The molecule has 1 aromatic carbocycles. The van der Waals surface area contributed by atoms with Crippen molar-refractivity contribution in [1.82, 2.24) is 4.57 Å². The molecule has 0 spiro atoms. The zero-order valence-electron chi connectivity index (χ0n) is 10.8. The van der Waals surface area contributed by atoms with Crippen LogP contribution in [-0.4, -0.2) is 10.6 Å². The van der Waals surface area contributed by atoms with Crippen LogP contribution in [-0.2, 0) is 10.3 Å². The summed E-state index contributed by atoms with van der Waals surface area (Å²) < 4.78 is 6.82. The smallest absolute Gasteiger partial charge is 0.408 e. The summed E-state index contributed by atoms with van der Waals surface area (Å²) in [4.78, 5) is 26.2. The standard InChI is InChI=1S/C14H14N2O3/c1-9(2)16-11-7-10(14(5-6-14)15-8-17)3-4-12(11)19-13(16)18/h3-4,7,9H,5-6H2,1-2H3. The van der Waals surface area contributed by atoms with Crippen LogP contribution in [0.1, 0.15) is 38.3 Å². The molecule has 1 aliphatic carbocycles. The van der Waals surface area contributed by atoms with Crippen molar-refractivity contribution < 1.29 is 9.21 Å². The Morgan fingerprint density at radius 1 is 1.42 bits per heavy atom. The van der Waals surface area contributed by atoms with E-state index in [4.69, 9.17) is 4.42 Å². The summed E-state index contributed by atoms with van der Waals surface area (Å²) in [5.74, 6) is -0.356. The highest BCUT2D eigenvalue weighted by Crippen LogP contribution is 2.49. The average molecular weight is 258 g/mol. The number of isocyanates is 1. The van der Waals surface area contributed by atoms with Crippen molar-refractivity contribution in [2.75, 3.05) is 0 Å². The van der Waals surface area contributed by atoms with Gasteiger partial charge in [-0.25, -0.2) is 9.59 Å². The number of benzene rings is 1. The predicted octanol–water partition coefficient (Wildman–Crippen LogP) is 2.50. The Hall–Kier alpha value is -2.13. The van der Waals surface area contributed by atoms with E-state index in [2.05, 4.69) is 4.99 Å². The van der Waals surface area contributed by atoms with Crippen molar-refractivity contribution >= 4 is 17.2 Å². The molecule has 0 atom stereocenters. The molecule has 1 aliphatic rings. The van der Waals surface area contributed by atoms with Crippen LogP contribution in [0.5, 0.6) is 0 Å². The minimum absolute atomic E-state index is 0.0220. The van der Waals surface area contributed by atoms with Gasteiger partial charge >= 0.3 is 5.76 Å². The third kappa shape index (κ3) is 1.74. The fourth-order valence-corrected chi connectivity index (χ4v) is 2.48. The fourth-order valence-electron chi connectivity index (χ4n) is 2.48. The molecule has 5 heteroatoms. The van der Waals surface area contributed by atoms with Crippen LogP contribution in [0, 0.1) is 0 Å². The first kappa shape index (κ1) is 11.9. The fraction of sp³-hybridized carbons (Fsp3) is 0.429. The van der Waals surface area contributed by atoms with Gasteiger partial charge in [0.15, 0.2) is 5.58 Å². The van der Waals surface area contributed by atoms with Crippen LogP contribution in [0.3, 0.4) is 0 Å². The molecule has 1 saturated carbocycles. The molecule has 5 nitrogen and oxygen atoms in total. The minimum Gasteiger partial charge on any atom is -0.408 e. The number of aliphatic imine (C=N–C) groups is 1. The van der Waals surface area contributed by atoms with Gasteiger partial charge in [0.2, 0.25) is 6.08 Å². The molecule has 3 rings (SSSR count). The number of nitrogens with zero attached hydrogens (tertiary/aromatic N) is 2. The lowest BCUT2D eigenvalue weighted by atomic mass is 10.0. The second-order valence-corrected chi connectivity index (χ2v) is 5.25. The topological polar surface area (TPSA) is 64.6 Å². The largest absolute Gasteiger partial charge is 0.420 e. The molecule has 0 saturated heterocycles. The summed E-state index contributed by atoms with van der Waals surface area (Å²) in [6.45, 7) is 3.86. The number of hydrogen-bond donors (Lipinski definition) is 0. The van der Waals surface area contributed by atoms with Crippen molar-refractivity contribution in [1.29, 1.82) is 0 Å². The number of oxazole rings is 1. The van der Waals surface area contributed by atoms with Gasteiger partial charge in [0, 0.05) is 6.04 Å². The zero-order chi connectivity index (χ0) is 13.6. The number of fused-ring (bicyclic) bond motifs is 1. The van der Waals surface area contributed by atoms with Gasteiger partial charge < -0.3 is 4.42 Å². The second-order valence-electron chi connectivity index (χ2n) is 5.25. The van der Waals surface area contributed by atoms with Gasteiger partial charge in [-0.05, 0) is 44.4 Å². The Kier molecular flexibility index (Phi) is 2.47. The lowest BCUT2D eigenvalue weighted by molar-refractivity contribution is 0.478. The molecule has 0 bridgehead atoms. The van der Waals surface area contributed by atoms with E-state index < -0.39 is 5.54 Å². The summed E-state index contributed by atoms with van der Waals surface area (Å²) >= 11 is 0. The molecule has 1 fully saturated rings. The van der Waals surface area contributed by atoms with Crippen molar-refractivity contribution in [3.63, 3.8) is 0 Å². The Labute approximate surface area is 109 Å². The average Bonchev–Trinajstić information content (AvgIpc) is 3.04. The maximum Gasteiger partial charge on any atom is 0.420 e. The molecule has 98 valence electrons. The molecule has 2 aromatic rings. The molecule has 1 heterocycles. The highest BCUT2D eigenvalue weighted by molar-refractivity contribution is 5.74. The molecule has 19 heavy (non-hydrogen) atoms. The first-order valence-electron chi connectivity index (χ1n) is 6.32. The van der Waals surface area contributed by atoms with E-state index in [0.717, 1.165) is 23.9 Å². The molecule has 0 N–H and O–H groups in total. The predicted molar refractivity (Wildman–Crippen MR) is 69.9 cm³/mol. The van der Waals surface area contributed by atoms with Crippen LogP contribution >= 0.6 is 0 Å². The summed E-state index contributed by atoms with van der Waals surface area (Å²) in [7, 11) is 0. The van der Waals surface area contributed by atoms with Crippen LogP contribution < -0.4 is 5.76 Å². The molecule has 0 aliphatic heterocycles. The van der Waals surface area contributed by atoms with Gasteiger partial charge in [0.25, 0.3) is 0 Å². The minimum atomic E-state index is -0.426. The number of carbonyl (C=O) groups excluding carboxylic acids is 1. The van der Waals surface area contributed by atoms with Gasteiger partial charge in [-0.3, -0.25) is 4.57 Å². The van der Waals surface area contributed by atoms with E-state index in [1.807, 2.05) is 26.0 Å². The zero-order valence-corrected chi connectivity index (χ0v) is 10.8. The molecule has 0 unspecified atom stereocenters. The summed E-state index contributed by atoms with van der Waals surface area (Å²) in [5, 5.41) is 0. The Bertz CT molecular complexity index is 744. The molecule has 0 radical (unpaired) electrons. The maximum absolute atomic E-state index is 11.8. The van der Waals surface area contributed by atoms with E-state index in [-0.39, 0.29) is 11.8 Å². The molecular weight excluding hydrogens is 244 g/mol. The number of aromatic nitrogens is 1. The van der Waals surface area contributed by atoms with Crippen molar-refractivity contribution in [2.45, 2.75) is 38.3 Å². The molecule has 0 amide bonds. The highest BCUT2D eigenvalue weighted by atomic mass is 16.4. The van der Waals surface area contributed by atoms with Crippen LogP contribution in [0.4, 0.5) is 0 Å². The Morgan fingerprint density at radius 3 is 2.74 bits per heavy atom. The van der Waals surface area contributed by atoms with Gasteiger partial charge in [-0.15, -0.1) is 0 Å². The normalized spacial score (nSPS) is 16.6. The van der Waals surface area contributed by atoms with Crippen LogP contribution in [0.15, 0.2) is 32.4 Å². The first-order valence-corrected chi connectivity index (χ1v) is 6.32. The van der Waals surface area contributed by atoms with Gasteiger partial charge in [0.05, 0.1) is 11.1 Å². The summed E-state index contributed by atoms with van der Waals surface area (Å²) in [6.07, 6.45) is 3.33. The lowest BCUT2D eigenvalue weighted by Gasteiger charge is -2.10. The number of hydrogen-bond acceptors (Lipinski definition) is 4. The Morgan fingerprint density at radius 2 is 2.16 bits per heavy atom. The third-order valence-electron chi connectivity index (χ3n) is 3.65. The van der Waals surface area contributed by atoms with E-state index in [0.29, 0.717) is 5.58 Å².